The monoisotopic (exact) mass is 346 g/mol. The van der Waals surface area contributed by atoms with Gasteiger partial charge in [-0.15, -0.1) is 0 Å². The standard InChI is InChI=1S/C20H27FN2S/c1-2-18(23-19(24)22-17-5-3-16(21)4-6-17)20-10-13-7-14(11-20)9-15(8-13)12-20/h3-6,13-15,18H,2,7-12H2,1H3,(H2,22,23,24)/t13?,14?,15?,18-,20?/m1/s1. The van der Waals surface area contributed by atoms with Gasteiger partial charge in [0.1, 0.15) is 5.82 Å². The Balaban J connectivity index is 1.44. The summed E-state index contributed by atoms with van der Waals surface area (Å²) in [5, 5.41) is 7.50. The summed E-state index contributed by atoms with van der Waals surface area (Å²) < 4.78 is 13.0. The van der Waals surface area contributed by atoms with E-state index in [0.29, 0.717) is 16.6 Å². The summed E-state index contributed by atoms with van der Waals surface area (Å²) in [5.74, 6) is 2.63. The lowest BCUT2D eigenvalue weighted by Crippen LogP contribution is -2.57. The first-order chi connectivity index (χ1) is 11.6. The van der Waals surface area contributed by atoms with E-state index in [9.17, 15) is 4.39 Å². The molecule has 5 rings (SSSR count). The van der Waals surface area contributed by atoms with Gasteiger partial charge in [-0.25, -0.2) is 4.39 Å². The summed E-state index contributed by atoms with van der Waals surface area (Å²) in [6.07, 6.45) is 9.64. The molecule has 1 aromatic rings. The maximum absolute atomic E-state index is 13.0. The first kappa shape index (κ1) is 16.3. The van der Waals surface area contributed by atoms with Crippen molar-refractivity contribution in [3.63, 3.8) is 0 Å². The van der Waals surface area contributed by atoms with E-state index >= 15 is 0 Å². The van der Waals surface area contributed by atoms with Crippen molar-refractivity contribution in [2.75, 3.05) is 5.32 Å². The molecule has 0 heterocycles. The molecule has 4 aliphatic rings. The van der Waals surface area contributed by atoms with Crippen LogP contribution in [0.25, 0.3) is 0 Å². The molecule has 4 saturated carbocycles. The van der Waals surface area contributed by atoms with Crippen molar-refractivity contribution in [1.29, 1.82) is 0 Å². The van der Waals surface area contributed by atoms with Gasteiger partial charge in [0, 0.05) is 11.7 Å². The fraction of sp³-hybridized carbons (Fsp3) is 0.650. The number of thiocarbonyl (C=S) groups is 1. The summed E-state index contributed by atoms with van der Waals surface area (Å²) in [6.45, 7) is 2.27. The summed E-state index contributed by atoms with van der Waals surface area (Å²) in [6, 6.07) is 6.83. The molecule has 0 spiro atoms. The van der Waals surface area contributed by atoms with E-state index in [1.54, 1.807) is 12.1 Å². The summed E-state index contributed by atoms with van der Waals surface area (Å²) >= 11 is 5.55. The average molecular weight is 347 g/mol. The molecule has 24 heavy (non-hydrogen) atoms. The lowest BCUT2D eigenvalue weighted by atomic mass is 9.47. The third-order valence-corrected chi connectivity index (χ3v) is 6.86. The molecule has 1 aromatic carbocycles. The van der Waals surface area contributed by atoms with Crippen molar-refractivity contribution in [2.45, 2.75) is 57.9 Å². The molecule has 0 radical (unpaired) electrons. The Morgan fingerprint density at radius 2 is 1.67 bits per heavy atom. The second kappa shape index (κ2) is 6.29. The van der Waals surface area contributed by atoms with Crippen molar-refractivity contribution in [3.05, 3.63) is 30.1 Å². The topological polar surface area (TPSA) is 24.1 Å². The normalized spacial score (nSPS) is 34.8. The maximum atomic E-state index is 13.0. The molecule has 4 bridgehead atoms. The van der Waals surface area contributed by atoms with Gasteiger partial charge in [-0.3, -0.25) is 0 Å². The molecule has 0 aliphatic heterocycles. The van der Waals surface area contributed by atoms with Gasteiger partial charge in [-0.05, 0) is 105 Å². The Labute approximate surface area is 149 Å². The van der Waals surface area contributed by atoms with Crippen molar-refractivity contribution in [3.8, 4) is 0 Å². The summed E-state index contributed by atoms with van der Waals surface area (Å²) in [5.41, 5.74) is 1.28. The van der Waals surface area contributed by atoms with Crippen molar-refractivity contribution < 1.29 is 4.39 Å². The smallest absolute Gasteiger partial charge is 0.171 e. The number of nitrogens with one attached hydrogen (secondary N) is 2. The van der Waals surface area contributed by atoms with E-state index in [0.717, 1.165) is 29.9 Å². The third-order valence-electron chi connectivity index (χ3n) is 6.64. The summed E-state index contributed by atoms with van der Waals surface area (Å²) in [7, 11) is 0. The van der Waals surface area contributed by atoms with Gasteiger partial charge in [0.25, 0.3) is 0 Å². The van der Waals surface area contributed by atoms with Crippen molar-refractivity contribution in [2.24, 2.45) is 23.2 Å². The van der Waals surface area contributed by atoms with E-state index in [1.807, 2.05) is 0 Å². The van der Waals surface area contributed by atoms with Gasteiger partial charge in [0.15, 0.2) is 5.11 Å². The van der Waals surface area contributed by atoms with Crippen molar-refractivity contribution in [1.82, 2.24) is 5.32 Å². The van der Waals surface area contributed by atoms with Crippen LogP contribution in [0.4, 0.5) is 10.1 Å². The first-order valence-corrected chi connectivity index (χ1v) is 9.80. The van der Waals surface area contributed by atoms with Gasteiger partial charge in [0.2, 0.25) is 0 Å². The molecular weight excluding hydrogens is 319 g/mol. The summed E-state index contributed by atoms with van der Waals surface area (Å²) in [4.78, 5) is 0. The molecule has 130 valence electrons. The molecule has 0 saturated heterocycles. The number of rotatable bonds is 4. The Morgan fingerprint density at radius 1 is 1.12 bits per heavy atom. The van der Waals surface area contributed by atoms with Crippen LogP contribution in [-0.4, -0.2) is 11.2 Å². The number of anilines is 1. The van der Waals surface area contributed by atoms with E-state index in [2.05, 4.69) is 17.6 Å². The predicted molar refractivity (Wildman–Crippen MR) is 100 cm³/mol. The van der Waals surface area contributed by atoms with Crippen LogP contribution < -0.4 is 10.6 Å². The van der Waals surface area contributed by atoms with Crippen LogP contribution in [0, 0.1) is 29.0 Å². The Morgan fingerprint density at radius 3 is 2.17 bits per heavy atom. The number of halogens is 1. The molecule has 2 N–H and O–H groups in total. The maximum Gasteiger partial charge on any atom is 0.171 e. The molecular formula is C20H27FN2S. The average Bonchev–Trinajstić information content (AvgIpc) is 2.53. The van der Waals surface area contributed by atoms with E-state index in [-0.39, 0.29) is 5.82 Å². The van der Waals surface area contributed by atoms with Gasteiger partial charge in [-0.2, -0.15) is 0 Å². The molecule has 4 heteroatoms. The van der Waals surface area contributed by atoms with Gasteiger partial charge >= 0.3 is 0 Å². The largest absolute Gasteiger partial charge is 0.359 e. The second-order valence-electron chi connectivity index (χ2n) is 8.35. The second-order valence-corrected chi connectivity index (χ2v) is 8.75. The fourth-order valence-corrected chi connectivity index (χ4v) is 6.41. The van der Waals surface area contributed by atoms with Crippen molar-refractivity contribution >= 4 is 23.0 Å². The van der Waals surface area contributed by atoms with Crippen LogP contribution in [0.1, 0.15) is 51.9 Å². The minimum Gasteiger partial charge on any atom is -0.359 e. The van der Waals surface area contributed by atoms with Crippen LogP contribution in [0.5, 0.6) is 0 Å². The number of benzene rings is 1. The van der Waals surface area contributed by atoms with Gasteiger partial charge < -0.3 is 10.6 Å². The molecule has 0 unspecified atom stereocenters. The zero-order valence-corrected chi connectivity index (χ0v) is 15.2. The third kappa shape index (κ3) is 3.05. The molecule has 0 amide bonds. The lowest BCUT2D eigenvalue weighted by molar-refractivity contribution is -0.0709. The van der Waals surface area contributed by atoms with Crippen LogP contribution in [0.2, 0.25) is 0 Å². The van der Waals surface area contributed by atoms with E-state index in [1.165, 1.54) is 50.7 Å². The highest BCUT2D eigenvalue weighted by Crippen LogP contribution is 2.61. The highest BCUT2D eigenvalue weighted by Gasteiger charge is 2.53. The molecule has 2 nitrogen and oxygen atoms in total. The van der Waals surface area contributed by atoms with Crippen LogP contribution in [0.15, 0.2) is 24.3 Å². The first-order valence-electron chi connectivity index (χ1n) is 9.39. The highest BCUT2D eigenvalue weighted by molar-refractivity contribution is 7.80. The Kier molecular flexibility index (Phi) is 4.27. The fourth-order valence-electron chi connectivity index (χ4n) is 6.15. The van der Waals surface area contributed by atoms with Crippen LogP contribution >= 0.6 is 12.2 Å². The van der Waals surface area contributed by atoms with Gasteiger partial charge in [-0.1, -0.05) is 6.92 Å². The van der Waals surface area contributed by atoms with E-state index < -0.39 is 0 Å². The van der Waals surface area contributed by atoms with Gasteiger partial charge in [0.05, 0.1) is 0 Å². The lowest BCUT2D eigenvalue weighted by Gasteiger charge is -2.59. The molecule has 0 aromatic heterocycles. The zero-order valence-electron chi connectivity index (χ0n) is 14.4. The minimum atomic E-state index is -0.223. The zero-order chi connectivity index (χ0) is 16.7. The predicted octanol–water partition coefficient (Wildman–Crippen LogP) is 5.11. The SMILES string of the molecule is CC[C@@H](NC(=S)Nc1ccc(F)cc1)C12CC3CC(CC(C3)C1)C2. The highest BCUT2D eigenvalue weighted by atomic mass is 32.1. The Bertz CT molecular complexity index is 577. The molecule has 4 aliphatic carbocycles. The van der Waals surface area contributed by atoms with E-state index in [4.69, 9.17) is 12.2 Å². The quantitative estimate of drug-likeness (QED) is 0.741. The molecule has 1 atom stereocenters. The van der Waals surface area contributed by atoms with Crippen LogP contribution in [-0.2, 0) is 0 Å². The Hall–Kier alpha value is -1.16. The molecule has 4 fully saturated rings. The van der Waals surface area contributed by atoms with Crippen LogP contribution in [0.3, 0.4) is 0 Å². The number of hydrogen-bond acceptors (Lipinski definition) is 1. The minimum absolute atomic E-state index is 0.223. The number of hydrogen-bond donors (Lipinski definition) is 2.